The minimum absolute atomic E-state index is 0.102. The van der Waals surface area contributed by atoms with Crippen LogP contribution in [0.5, 0.6) is 0 Å². The monoisotopic (exact) mass is 212 g/mol. The van der Waals surface area contributed by atoms with Gasteiger partial charge in [0.05, 0.1) is 0 Å². The number of hydrogen-bond acceptors (Lipinski definition) is 4. The number of anilines is 1. The number of pyridine rings is 1. The van der Waals surface area contributed by atoms with Gasteiger partial charge in [-0.05, 0) is 6.07 Å². The number of halogens is 1. The summed E-state index contributed by atoms with van der Waals surface area (Å²) >= 11 is 0.903. The van der Waals surface area contributed by atoms with Crippen LogP contribution in [0.4, 0.5) is 10.1 Å². The van der Waals surface area contributed by atoms with E-state index >= 15 is 0 Å². The number of rotatable bonds is 1. The normalized spacial score (nSPS) is 10.6. The highest BCUT2D eigenvalue weighted by Crippen LogP contribution is 2.28. The summed E-state index contributed by atoms with van der Waals surface area (Å²) in [6.45, 7) is 0. The molecule has 0 saturated heterocycles. The molecule has 4 nitrogen and oxygen atoms in total. The molecule has 2 rings (SSSR count). The molecule has 0 aliphatic heterocycles. The Bertz CT molecular complexity index is 523. The van der Waals surface area contributed by atoms with Gasteiger partial charge in [0, 0.05) is 17.1 Å². The fraction of sp³-hybridized carbons (Fsp3) is 0. The number of hydrogen-bond donors (Lipinski definition) is 2. The summed E-state index contributed by atoms with van der Waals surface area (Å²) in [5, 5.41) is 9.17. The highest BCUT2D eigenvalue weighted by atomic mass is 32.1. The van der Waals surface area contributed by atoms with E-state index in [0.717, 1.165) is 17.4 Å². The molecule has 0 spiro atoms. The van der Waals surface area contributed by atoms with Gasteiger partial charge in [-0.25, -0.2) is 9.78 Å². The van der Waals surface area contributed by atoms with Crippen molar-refractivity contribution in [3.63, 3.8) is 0 Å². The van der Waals surface area contributed by atoms with Crippen LogP contribution in [0, 0.1) is 5.95 Å². The SMILES string of the molecule is Nc1cc(F)nc2sc(C(=O)O)cc12. The molecule has 72 valence electrons. The Hall–Kier alpha value is -1.69. The van der Waals surface area contributed by atoms with Crippen molar-refractivity contribution in [2.75, 3.05) is 5.73 Å². The summed E-state index contributed by atoms with van der Waals surface area (Å²) < 4.78 is 12.8. The van der Waals surface area contributed by atoms with E-state index in [9.17, 15) is 9.18 Å². The molecule has 0 aliphatic rings. The molecule has 0 aliphatic carbocycles. The third-order valence-corrected chi connectivity index (χ3v) is 2.73. The summed E-state index contributed by atoms with van der Waals surface area (Å²) in [6.07, 6.45) is 0. The van der Waals surface area contributed by atoms with Crippen molar-refractivity contribution in [3.8, 4) is 0 Å². The van der Waals surface area contributed by atoms with Gasteiger partial charge < -0.3 is 10.8 Å². The molecule has 0 unspecified atom stereocenters. The van der Waals surface area contributed by atoms with Crippen molar-refractivity contribution in [1.29, 1.82) is 0 Å². The molecule has 6 heteroatoms. The smallest absolute Gasteiger partial charge is 0.345 e. The molecule has 0 bridgehead atoms. The minimum Gasteiger partial charge on any atom is -0.477 e. The third-order valence-electron chi connectivity index (χ3n) is 1.72. The molecule has 2 aromatic rings. The van der Waals surface area contributed by atoms with Gasteiger partial charge in [-0.15, -0.1) is 11.3 Å². The molecule has 3 N–H and O–H groups in total. The lowest BCUT2D eigenvalue weighted by atomic mass is 10.3. The van der Waals surface area contributed by atoms with Crippen LogP contribution >= 0.6 is 11.3 Å². The molecular weight excluding hydrogens is 207 g/mol. The van der Waals surface area contributed by atoms with Crippen molar-refractivity contribution >= 4 is 33.2 Å². The van der Waals surface area contributed by atoms with E-state index in [0.29, 0.717) is 10.2 Å². The lowest BCUT2D eigenvalue weighted by Crippen LogP contribution is -1.90. The van der Waals surface area contributed by atoms with Crippen LogP contribution in [-0.4, -0.2) is 16.1 Å². The van der Waals surface area contributed by atoms with E-state index in [1.807, 2.05) is 0 Å². The number of fused-ring (bicyclic) bond motifs is 1. The van der Waals surface area contributed by atoms with Gasteiger partial charge in [-0.1, -0.05) is 0 Å². The average Bonchev–Trinajstić information content (AvgIpc) is 2.47. The third kappa shape index (κ3) is 1.29. The summed E-state index contributed by atoms with van der Waals surface area (Å²) in [4.78, 5) is 14.6. The maximum absolute atomic E-state index is 12.8. The molecule has 14 heavy (non-hydrogen) atoms. The second kappa shape index (κ2) is 2.91. The molecule has 2 heterocycles. The molecule has 0 atom stereocenters. The number of aromatic carboxylic acids is 1. The van der Waals surface area contributed by atoms with Crippen molar-refractivity contribution in [2.45, 2.75) is 0 Å². The van der Waals surface area contributed by atoms with Crippen LogP contribution in [0.15, 0.2) is 12.1 Å². The van der Waals surface area contributed by atoms with Crippen LogP contribution in [0.1, 0.15) is 9.67 Å². The Morgan fingerprint density at radius 2 is 2.29 bits per heavy atom. The number of aromatic nitrogens is 1. The zero-order chi connectivity index (χ0) is 10.3. The highest BCUT2D eigenvalue weighted by Gasteiger charge is 2.12. The molecule has 2 aromatic heterocycles. The van der Waals surface area contributed by atoms with Crippen molar-refractivity contribution in [1.82, 2.24) is 4.98 Å². The zero-order valence-corrected chi connectivity index (χ0v) is 7.64. The van der Waals surface area contributed by atoms with Gasteiger partial charge in [0.2, 0.25) is 5.95 Å². The standard InChI is InChI=1S/C8H5FN2O2S/c9-6-2-4(10)3-1-5(8(12)13)14-7(3)11-6/h1-2H,(H2,10,11)(H,12,13). The van der Waals surface area contributed by atoms with Gasteiger partial charge in [0.25, 0.3) is 0 Å². The predicted octanol–water partition coefficient (Wildman–Crippen LogP) is 1.72. The molecule has 0 aromatic carbocycles. The zero-order valence-electron chi connectivity index (χ0n) is 6.82. The number of carbonyl (C=O) groups is 1. The van der Waals surface area contributed by atoms with Gasteiger partial charge in [0.15, 0.2) is 0 Å². The Kier molecular flexibility index (Phi) is 1.85. The van der Waals surface area contributed by atoms with Crippen molar-refractivity contribution in [3.05, 3.63) is 23.0 Å². The number of nitrogen functional groups attached to an aromatic ring is 1. The first kappa shape index (κ1) is 8.89. The fourth-order valence-corrected chi connectivity index (χ4v) is 2.00. The van der Waals surface area contributed by atoms with Gasteiger partial charge in [-0.3, -0.25) is 0 Å². The molecular formula is C8H5FN2O2S. The quantitative estimate of drug-likeness (QED) is 0.705. The van der Waals surface area contributed by atoms with Gasteiger partial charge >= 0.3 is 5.97 Å². The number of carboxylic acid groups (broad SMARTS) is 1. The maximum atomic E-state index is 12.8. The van der Waals surface area contributed by atoms with E-state index in [-0.39, 0.29) is 10.6 Å². The Balaban J connectivity index is 2.76. The Labute approximate surface area is 81.8 Å². The second-order valence-electron chi connectivity index (χ2n) is 2.67. The fourth-order valence-electron chi connectivity index (χ4n) is 1.11. The van der Waals surface area contributed by atoms with E-state index in [2.05, 4.69) is 4.98 Å². The lowest BCUT2D eigenvalue weighted by molar-refractivity contribution is 0.0702. The van der Waals surface area contributed by atoms with Crippen molar-refractivity contribution in [2.24, 2.45) is 0 Å². The largest absolute Gasteiger partial charge is 0.477 e. The number of thiophene rings is 1. The van der Waals surface area contributed by atoms with E-state index in [1.165, 1.54) is 6.07 Å². The molecule has 0 amide bonds. The summed E-state index contributed by atoms with van der Waals surface area (Å²) in [6, 6.07) is 2.46. The first-order valence-electron chi connectivity index (χ1n) is 3.67. The Morgan fingerprint density at radius 3 is 2.93 bits per heavy atom. The van der Waals surface area contributed by atoms with E-state index in [1.54, 1.807) is 0 Å². The van der Waals surface area contributed by atoms with Crippen LogP contribution in [0.2, 0.25) is 0 Å². The maximum Gasteiger partial charge on any atom is 0.345 e. The predicted molar refractivity (Wildman–Crippen MR) is 50.9 cm³/mol. The van der Waals surface area contributed by atoms with E-state index < -0.39 is 11.9 Å². The van der Waals surface area contributed by atoms with E-state index in [4.69, 9.17) is 10.8 Å². The topological polar surface area (TPSA) is 76.2 Å². The van der Waals surface area contributed by atoms with Gasteiger partial charge in [0.1, 0.15) is 9.71 Å². The van der Waals surface area contributed by atoms with Crippen molar-refractivity contribution < 1.29 is 14.3 Å². The van der Waals surface area contributed by atoms with Crippen LogP contribution < -0.4 is 5.73 Å². The summed E-state index contributed by atoms with van der Waals surface area (Å²) in [5.41, 5.74) is 5.71. The van der Waals surface area contributed by atoms with Gasteiger partial charge in [-0.2, -0.15) is 4.39 Å². The number of nitrogens with two attached hydrogens (primary N) is 1. The first-order chi connectivity index (χ1) is 6.58. The van der Waals surface area contributed by atoms with Crippen LogP contribution in [-0.2, 0) is 0 Å². The molecule has 0 saturated carbocycles. The summed E-state index contributed by atoms with van der Waals surface area (Å²) in [7, 11) is 0. The first-order valence-corrected chi connectivity index (χ1v) is 4.48. The average molecular weight is 212 g/mol. The molecule has 0 fully saturated rings. The van der Waals surface area contributed by atoms with Crippen LogP contribution in [0.3, 0.4) is 0 Å². The minimum atomic E-state index is -1.06. The highest BCUT2D eigenvalue weighted by molar-refractivity contribution is 7.20. The lowest BCUT2D eigenvalue weighted by Gasteiger charge is -1.93. The second-order valence-corrected chi connectivity index (χ2v) is 3.70. The molecule has 0 radical (unpaired) electrons. The number of nitrogens with zero attached hydrogens (tertiary/aromatic N) is 1. The van der Waals surface area contributed by atoms with Crippen LogP contribution in [0.25, 0.3) is 10.2 Å². The Morgan fingerprint density at radius 1 is 1.57 bits per heavy atom. The summed E-state index contributed by atoms with van der Waals surface area (Å²) in [5.74, 6) is -1.76. The number of carboxylic acids is 1.